The first-order chi connectivity index (χ1) is 10.3. The molecule has 0 aliphatic heterocycles. The van der Waals surface area contributed by atoms with Gasteiger partial charge in [0.15, 0.2) is 11.6 Å². The Morgan fingerprint density at radius 1 is 1.43 bits per heavy atom. The molecule has 0 radical (unpaired) electrons. The van der Waals surface area contributed by atoms with Crippen LogP contribution >= 0.6 is 0 Å². The monoisotopic (exact) mass is 282 g/mol. The van der Waals surface area contributed by atoms with Gasteiger partial charge in [-0.1, -0.05) is 44.1 Å². The van der Waals surface area contributed by atoms with E-state index in [1.807, 2.05) is 4.68 Å². The molecule has 0 spiro atoms. The van der Waals surface area contributed by atoms with Gasteiger partial charge in [0.25, 0.3) is 0 Å². The Labute approximate surface area is 126 Å². The molecule has 1 saturated carbocycles. The van der Waals surface area contributed by atoms with Gasteiger partial charge >= 0.3 is 0 Å². The Hall–Kier alpha value is -1.97. The maximum Gasteiger partial charge on any atom is 0.185 e. The molecule has 110 valence electrons. The van der Waals surface area contributed by atoms with Crippen LogP contribution in [0.5, 0.6) is 0 Å². The first kappa shape index (κ1) is 14.0. The van der Waals surface area contributed by atoms with Crippen molar-refractivity contribution in [3.63, 3.8) is 0 Å². The highest BCUT2D eigenvalue weighted by Crippen LogP contribution is 2.30. The van der Waals surface area contributed by atoms with Gasteiger partial charge in [0, 0.05) is 11.3 Å². The van der Waals surface area contributed by atoms with Crippen molar-refractivity contribution in [2.75, 3.05) is 0 Å². The highest BCUT2D eigenvalue weighted by atomic mass is 15.5. The summed E-state index contributed by atoms with van der Waals surface area (Å²) in [6.07, 6.45) is 15.4. The predicted octanol–water partition coefficient (Wildman–Crippen LogP) is 4.07. The molecule has 1 aromatic rings. The standard InChI is InChI=1S/C17H22N4/c1-3-16-18-19-17(15-10-5-4-6-11-15)21(16)20-13(2)12-14-8-7-9-14/h3,5,10-11,14H,1,4,6-9,12H2,2H3/b20-13-. The molecule has 0 aromatic carbocycles. The van der Waals surface area contributed by atoms with Crippen molar-refractivity contribution in [1.82, 2.24) is 14.9 Å². The third-order valence-corrected chi connectivity index (χ3v) is 4.18. The number of rotatable bonds is 5. The molecule has 0 bridgehead atoms. The fourth-order valence-electron chi connectivity index (χ4n) is 2.80. The first-order valence-electron chi connectivity index (χ1n) is 7.77. The third-order valence-electron chi connectivity index (χ3n) is 4.18. The van der Waals surface area contributed by atoms with Gasteiger partial charge < -0.3 is 0 Å². The summed E-state index contributed by atoms with van der Waals surface area (Å²) < 4.78 is 1.84. The van der Waals surface area contributed by atoms with Gasteiger partial charge in [-0.3, -0.25) is 0 Å². The second-order valence-electron chi connectivity index (χ2n) is 5.87. The van der Waals surface area contributed by atoms with Crippen molar-refractivity contribution in [3.05, 3.63) is 36.5 Å². The molecule has 0 unspecified atom stereocenters. The molecule has 1 heterocycles. The molecule has 1 aromatic heterocycles. The van der Waals surface area contributed by atoms with Gasteiger partial charge in [0.1, 0.15) is 0 Å². The summed E-state index contributed by atoms with van der Waals surface area (Å²) in [5.74, 6) is 2.33. The molecule has 3 rings (SSSR count). The zero-order valence-corrected chi connectivity index (χ0v) is 12.6. The van der Waals surface area contributed by atoms with E-state index in [1.165, 1.54) is 19.3 Å². The smallest absolute Gasteiger partial charge is 0.185 e. The van der Waals surface area contributed by atoms with E-state index in [2.05, 4.69) is 41.9 Å². The molecule has 0 atom stereocenters. The third kappa shape index (κ3) is 3.04. The van der Waals surface area contributed by atoms with Crippen molar-refractivity contribution in [2.45, 2.75) is 45.4 Å². The van der Waals surface area contributed by atoms with Crippen LogP contribution in [0.3, 0.4) is 0 Å². The average Bonchev–Trinajstić information content (AvgIpc) is 2.86. The van der Waals surface area contributed by atoms with Gasteiger partial charge in [-0.15, -0.1) is 10.2 Å². The molecular formula is C17H22N4. The lowest BCUT2D eigenvalue weighted by Crippen LogP contribution is -2.15. The zero-order chi connectivity index (χ0) is 14.7. The van der Waals surface area contributed by atoms with E-state index < -0.39 is 0 Å². The number of hydrogen-bond acceptors (Lipinski definition) is 3. The molecule has 4 heteroatoms. The van der Waals surface area contributed by atoms with Crippen LogP contribution in [-0.4, -0.2) is 20.6 Å². The maximum absolute atomic E-state index is 4.75. The van der Waals surface area contributed by atoms with Crippen molar-refractivity contribution >= 4 is 17.4 Å². The minimum Gasteiger partial charge on any atom is -0.193 e. The quantitative estimate of drug-likeness (QED) is 0.764. The summed E-state index contributed by atoms with van der Waals surface area (Å²) in [6, 6.07) is 0. The molecule has 21 heavy (non-hydrogen) atoms. The largest absolute Gasteiger partial charge is 0.193 e. The highest BCUT2D eigenvalue weighted by molar-refractivity contribution is 5.82. The Morgan fingerprint density at radius 3 is 2.90 bits per heavy atom. The molecule has 0 saturated heterocycles. The lowest BCUT2D eigenvalue weighted by atomic mass is 9.82. The van der Waals surface area contributed by atoms with E-state index in [4.69, 9.17) is 5.10 Å². The van der Waals surface area contributed by atoms with Gasteiger partial charge in [0.05, 0.1) is 0 Å². The van der Waals surface area contributed by atoms with Crippen LogP contribution in [0.1, 0.15) is 57.1 Å². The summed E-state index contributed by atoms with van der Waals surface area (Å²) in [5, 5.41) is 13.2. The van der Waals surface area contributed by atoms with Crippen LogP contribution in [0, 0.1) is 5.92 Å². The van der Waals surface area contributed by atoms with Gasteiger partial charge in [0.2, 0.25) is 0 Å². The number of hydrogen-bond donors (Lipinski definition) is 0. The molecular weight excluding hydrogens is 260 g/mol. The van der Waals surface area contributed by atoms with E-state index in [9.17, 15) is 0 Å². The van der Waals surface area contributed by atoms with Crippen LogP contribution < -0.4 is 0 Å². The number of aromatic nitrogens is 3. The Balaban J connectivity index is 1.89. The normalized spacial score (nSPS) is 19.3. The minimum absolute atomic E-state index is 0.706. The average molecular weight is 282 g/mol. The topological polar surface area (TPSA) is 43.1 Å². The van der Waals surface area contributed by atoms with Crippen LogP contribution in [0.2, 0.25) is 0 Å². The van der Waals surface area contributed by atoms with E-state index >= 15 is 0 Å². The lowest BCUT2D eigenvalue weighted by Gasteiger charge is -2.24. The van der Waals surface area contributed by atoms with Crippen LogP contribution in [0.4, 0.5) is 0 Å². The second kappa shape index (κ2) is 6.20. The van der Waals surface area contributed by atoms with E-state index in [0.717, 1.165) is 42.3 Å². The van der Waals surface area contributed by atoms with E-state index in [1.54, 1.807) is 6.08 Å². The van der Waals surface area contributed by atoms with Crippen LogP contribution in [0.25, 0.3) is 11.6 Å². The summed E-state index contributed by atoms with van der Waals surface area (Å²) in [5.41, 5.74) is 2.24. The second-order valence-corrected chi connectivity index (χ2v) is 5.87. The van der Waals surface area contributed by atoms with Crippen molar-refractivity contribution < 1.29 is 0 Å². The molecule has 0 amide bonds. The van der Waals surface area contributed by atoms with Gasteiger partial charge in [-0.05, 0) is 38.2 Å². The van der Waals surface area contributed by atoms with E-state index in [0.29, 0.717) is 5.82 Å². The highest BCUT2D eigenvalue weighted by Gasteiger charge is 2.19. The number of allylic oxidation sites excluding steroid dienone is 4. The van der Waals surface area contributed by atoms with Crippen molar-refractivity contribution in [2.24, 2.45) is 11.0 Å². The van der Waals surface area contributed by atoms with Crippen LogP contribution in [0.15, 0.2) is 29.9 Å². The van der Waals surface area contributed by atoms with Gasteiger partial charge in [-0.25, -0.2) is 0 Å². The fraction of sp³-hybridized carbons (Fsp3) is 0.471. The zero-order valence-electron chi connectivity index (χ0n) is 12.6. The molecule has 4 nitrogen and oxygen atoms in total. The minimum atomic E-state index is 0.706. The van der Waals surface area contributed by atoms with E-state index in [-0.39, 0.29) is 0 Å². The maximum atomic E-state index is 4.75. The molecule has 0 N–H and O–H groups in total. The first-order valence-corrected chi connectivity index (χ1v) is 7.77. The fourth-order valence-corrected chi connectivity index (χ4v) is 2.80. The summed E-state index contributed by atoms with van der Waals surface area (Å²) in [6.45, 7) is 5.91. The lowest BCUT2D eigenvalue weighted by molar-refractivity contribution is 0.326. The summed E-state index contributed by atoms with van der Waals surface area (Å²) in [7, 11) is 0. The Morgan fingerprint density at radius 2 is 2.29 bits per heavy atom. The van der Waals surface area contributed by atoms with Gasteiger partial charge in [-0.2, -0.15) is 9.78 Å². The summed E-state index contributed by atoms with van der Waals surface area (Å²) in [4.78, 5) is 0. The number of nitrogens with zero attached hydrogens (tertiary/aromatic N) is 4. The SMILES string of the molecule is C=Cc1nnc(C2=CCCC=C2)n1/N=C(/C)CC1CCC1. The molecule has 1 fully saturated rings. The Kier molecular flexibility index (Phi) is 4.13. The Bertz CT molecular complexity index is 615. The van der Waals surface area contributed by atoms with Crippen molar-refractivity contribution in [1.29, 1.82) is 0 Å². The summed E-state index contributed by atoms with van der Waals surface area (Å²) >= 11 is 0. The molecule has 2 aliphatic rings. The van der Waals surface area contributed by atoms with Crippen LogP contribution in [-0.2, 0) is 0 Å². The van der Waals surface area contributed by atoms with Crippen molar-refractivity contribution in [3.8, 4) is 0 Å². The molecule has 2 aliphatic carbocycles. The predicted molar refractivity (Wildman–Crippen MR) is 86.9 cm³/mol.